The molecular weight excluding hydrogens is 248 g/mol. The molecule has 2 rings (SSSR count). The largest absolute Gasteiger partial charge is 0.372 e. The summed E-state index contributed by atoms with van der Waals surface area (Å²) in [7, 11) is 1.99. The number of benzene rings is 1. The number of ether oxygens (including phenoxy) is 1. The van der Waals surface area contributed by atoms with Gasteiger partial charge in [0.1, 0.15) is 0 Å². The van der Waals surface area contributed by atoms with Gasteiger partial charge in [-0.3, -0.25) is 4.90 Å². The van der Waals surface area contributed by atoms with Gasteiger partial charge in [0.05, 0.1) is 12.2 Å². The summed E-state index contributed by atoms with van der Waals surface area (Å²) in [6, 6.07) is 11.3. The molecule has 1 N–H and O–H groups in total. The summed E-state index contributed by atoms with van der Waals surface area (Å²) in [6.45, 7) is 7.55. The van der Waals surface area contributed by atoms with E-state index < -0.39 is 0 Å². The zero-order chi connectivity index (χ0) is 14.4. The van der Waals surface area contributed by atoms with E-state index in [9.17, 15) is 0 Å². The van der Waals surface area contributed by atoms with Crippen molar-refractivity contribution in [1.82, 2.24) is 10.2 Å². The second-order valence-corrected chi connectivity index (χ2v) is 6.02. The van der Waals surface area contributed by atoms with Crippen molar-refractivity contribution in [2.45, 2.75) is 51.5 Å². The highest BCUT2D eigenvalue weighted by molar-refractivity contribution is 5.14. The molecular formula is C17H28N2O. The zero-order valence-electron chi connectivity index (χ0n) is 13.0. The van der Waals surface area contributed by atoms with Crippen LogP contribution in [0.5, 0.6) is 0 Å². The average Bonchev–Trinajstić information content (AvgIpc) is 2.87. The van der Waals surface area contributed by atoms with Gasteiger partial charge >= 0.3 is 0 Å². The molecule has 0 saturated carbocycles. The van der Waals surface area contributed by atoms with E-state index in [2.05, 4.69) is 54.4 Å². The Bertz CT molecular complexity index is 380. The number of nitrogens with zero attached hydrogens (tertiary/aromatic N) is 1. The summed E-state index contributed by atoms with van der Waals surface area (Å²) in [5.41, 5.74) is 1.38. The molecule has 1 saturated heterocycles. The molecule has 0 aliphatic carbocycles. The van der Waals surface area contributed by atoms with Crippen LogP contribution in [0.25, 0.3) is 0 Å². The van der Waals surface area contributed by atoms with Gasteiger partial charge in [-0.1, -0.05) is 30.3 Å². The summed E-state index contributed by atoms with van der Waals surface area (Å²) >= 11 is 0. The maximum Gasteiger partial charge on any atom is 0.0707 e. The molecule has 0 amide bonds. The molecule has 3 nitrogen and oxygen atoms in total. The summed E-state index contributed by atoms with van der Waals surface area (Å²) in [6.07, 6.45) is 3.16. The lowest BCUT2D eigenvalue weighted by molar-refractivity contribution is 0.0160. The van der Waals surface area contributed by atoms with Crippen LogP contribution in [-0.2, 0) is 11.3 Å². The minimum atomic E-state index is 0.388. The first kappa shape index (κ1) is 15.5. The van der Waals surface area contributed by atoms with Gasteiger partial charge in [0.25, 0.3) is 0 Å². The van der Waals surface area contributed by atoms with E-state index in [1.165, 1.54) is 18.4 Å². The van der Waals surface area contributed by atoms with Crippen molar-refractivity contribution in [3.8, 4) is 0 Å². The molecule has 1 aromatic rings. The van der Waals surface area contributed by atoms with Gasteiger partial charge in [0.15, 0.2) is 0 Å². The van der Waals surface area contributed by atoms with Crippen LogP contribution in [0.15, 0.2) is 30.3 Å². The normalized spacial score (nSPS) is 22.9. The Hall–Kier alpha value is -0.900. The molecule has 0 radical (unpaired) electrons. The predicted molar refractivity (Wildman–Crippen MR) is 83.8 cm³/mol. The second kappa shape index (κ2) is 7.77. The monoisotopic (exact) mass is 276 g/mol. The highest BCUT2D eigenvalue weighted by atomic mass is 16.5. The van der Waals surface area contributed by atoms with Crippen LogP contribution in [0.2, 0.25) is 0 Å². The average molecular weight is 276 g/mol. The van der Waals surface area contributed by atoms with Gasteiger partial charge in [-0.05, 0) is 39.3 Å². The van der Waals surface area contributed by atoms with Gasteiger partial charge in [-0.25, -0.2) is 0 Å². The van der Waals surface area contributed by atoms with Gasteiger partial charge in [0, 0.05) is 25.7 Å². The summed E-state index contributed by atoms with van der Waals surface area (Å²) in [4.78, 5) is 2.52. The Morgan fingerprint density at radius 2 is 1.90 bits per heavy atom. The van der Waals surface area contributed by atoms with Crippen molar-refractivity contribution in [2.24, 2.45) is 0 Å². The molecule has 1 fully saturated rings. The van der Waals surface area contributed by atoms with E-state index in [0.717, 1.165) is 19.6 Å². The minimum absolute atomic E-state index is 0.388. The first-order chi connectivity index (χ1) is 9.69. The smallest absolute Gasteiger partial charge is 0.0707 e. The lowest BCUT2D eigenvalue weighted by Gasteiger charge is -2.29. The molecule has 0 aromatic heterocycles. The Kier molecular flexibility index (Phi) is 6.02. The maximum absolute atomic E-state index is 6.12. The molecule has 1 aromatic carbocycles. The lowest BCUT2D eigenvalue weighted by atomic mass is 10.1. The first-order valence-electron chi connectivity index (χ1n) is 7.77. The Labute approximate surface area is 123 Å². The highest BCUT2D eigenvalue weighted by Crippen LogP contribution is 2.21. The molecule has 2 unspecified atom stereocenters. The molecule has 0 spiro atoms. The van der Waals surface area contributed by atoms with Crippen molar-refractivity contribution in [3.05, 3.63) is 35.9 Å². The Morgan fingerprint density at radius 3 is 2.55 bits per heavy atom. The van der Waals surface area contributed by atoms with Crippen LogP contribution in [0.1, 0.15) is 32.3 Å². The minimum Gasteiger partial charge on any atom is -0.372 e. The van der Waals surface area contributed by atoms with Crippen molar-refractivity contribution < 1.29 is 4.74 Å². The van der Waals surface area contributed by atoms with Crippen LogP contribution < -0.4 is 5.32 Å². The third-order valence-electron chi connectivity index (χ3n) is 4.02. The zero-order valence-corrected chi connectivity index (χ0v) is 13.0. The molecule has 1 aliphatic heterocycles. The van der Waals surface area contributed by atoms with Gasteiger partial charge in [-0.15, -0.1) is 0 Å². The number of hydrogen-bond donors (Lipinski definition) is 1. The molecule has 0 bridgehead atoms. The number of likely N-dealkylation sites (N-methyl/N-ethyl adjacent to an activating group) is 1. The highest BCUT2D eigenvalue weighted by Gasteiger charge is 2.27. The SMILES string of the molecule is CNCC1CCC(CN(Cc2ccccc2)C(C)C)O1. The van der Waals surface area contributed by atoms with Crippen molar-refractivity contribution in [1.29, 1.82) is 0 Å². The second-order valence-electron chi connectivity index (χ2n) is 6.02. The van der Waals surface area contributed by atoms with E-state index in [1.54, 1.807) is 0 Å². The Balaban J connectivity index is 1.87. The summed E-state index contributed by atoms with van der Waals surface area (Å²) in [5.74, 6) is 0. The number of rotatable bonds is 7. The number of nitrogens with one attached hydrogen (secondary N) is 1. The van der Waals surface area contributed by atoms with E-state index in [1.807, 2.05) is 7.05 Å². The van der Waals surface area contributed by atoms with Crippen molar-refractivity contribution >= 4 is 0 Å². The third-order valence-corrected chi connectivity index (χ3v) is 4.02. The first-order valence-corrected chi connectivity index (χ1v) is 7.77. The van der Waals surface area contributed by atoms with E-state index in [0.29, 0.717) is 18.2 Å². The molecule has 112 valence electrons. The van der Waals surface area contributed by atoms with Crippen LogP contribution in [0, 0.1) is 0 Å². The summed E-state index contributed by atoms with van der Waals surface area (Å²) in [5, 5.41) is 3.21. The Morgan fingerprint density at radius 1 is 1.20 bits per heavy atom. The van der Waals surface area contributed by atoms with Gasteiger partial charge in [0.2, 0.25) is 0 Å². The molecule has 20 heavy (non-hydrogen) atoms. The lowest BCUT2D eigenvalue weighted by Crippen LogP contribution is -2.37. The topological polar surface area (TPSA) is 24.5 Å². The van der Waals surface area contributed by atoms with Crippen LogP contribution in [-0.4, -0.2) is 43.3 Å². The van der Waals surface area contributed by atoms with Crippen LogP contribution in [0.4, 0.5) is 0 Å². The van der Waals surface area contributed by atoms with E-state index >= 15 is 0 Å². The van der Waals surface area contributed by atoms with E-state index in [-0.39, 0.29) is 0 Å². The standard InChI is InChI=1S/C17H28N2O/c1-14(2)19(12-15-7-5-4-6-8-15)13-17-10-9-16(20-17)11-18-3/h4-8,14,16-18H,9-13H2,1-3H3. The molecule has 2 atom stereocenters. The molecule has 1 heterocycles. The third kappa shape index (κ3) is 4.58. The fourth-order valence-corrected chi connectivity index (χ4v) is 2.83. The van der Waals surface area contributed by atoms with Crippen molar-refractivity contribution in [2.75, 3.05) is 20.1 Å². The fourth-order valence-electron chi connectivity index (χ4n) is 2.83. The van der Waals surface area contributed by atoms with Crippen LogP contribution in [0.3, 0.4) is 0 Å². The van der Waals surface area contributed by atoms with Gasteiger partial charge in [-0.2, -0.15) is 0 Å². The molecule has 1 aliphatic rings. The predicted octanol–water partition coefficient (Wildman–Crippen LogP) is 2.66. The number of hydrogen-bond acceptors (Lipinski definition) is 3. The van der Waals surface area contributed by atoms with Gasteiger partial charge < -0.3 is 10.1 Å². The van der Waals surface area contributed by atoms with Crippen molar-refractivity contribution in [3.63, 3.8) is 0 Å². The molecule has 3 heteroatoms. The fraction of sp³-hybridized carbons (Fsp3) is 0.647. The van der Waals surface area contributed by atoms with Crippen LogP contribution >= 0.6 is 0 Å². The maximum atomic E-state index is 6.12. The quantitative estimate of drug-likeness (QED) is 0.828. The summed E-state index contributed by atoms with van der Waals surface area (Å²) < 4.78 is 6.12. The van der Waals surface area contributed by atoms with E-state index in [4.69, 9.17) is 4.74 Å².